The molecule has 0 bridgehead atoms. The quantitative estimate of drug-likeness (QED) is 0.429. The molecule has 5 heteroatoms. The Labute approximate surface area is 161 Å². The molecular weight excluding hydrogens is 411 g/mol. The van der Waals surface area contributed by atoms with Gasteiger partial charge in [0.25, 0.3) is 0 Å². The SMILES string of the molecule is CN=C(NCc1ccccn1)NCC1(c2ccccc2C)CC1.I. The van der Waals surface area contributed by atoms with Crippen molar-refractivity contribution in [2.75, 3.05) is 13.6 Å². The second-order valence-electron chi connectivity index (χ2n) is 6.20. The van der Waals surface area contributed by atoms with Crippen molar-refractivity contribution < 1.29 is 0 Å². The molecule has 1 saturated carbocycles. The van der Waals surface area contributed by atoms with Crippen molar-refractivity contribution in [1.82, 2.24) is 15.6 Å². The number of rotatable bonds is 5. The summed E-state index contributed by atoms with van der Waals surface area (Å²) >= 11 is 0. The van der Waals surface area contributed by atoms with E-state index < -0.39 is 0 Å². The van der Waals surface area contributed by atoms with Gasteiger partial charge >= 0.3 is 0 Å². The molecule has 0 saturated heterocycles. The first-order valence-corrected chi connectivity index (χ1v) is 8.14. The van der Waals surface area contributed by atoms with Gasteiger partial charge in [0.2, 0.25) is 0 Å². The predicted octanol–water partition coefficient (Wildman–Crippen LogP) is 3.40. The van der Waals surface area contributed by atoms with E-state index >= 15 is 0 Å². The molecule has 1 aromatic carbocycles. The van der Waals surface area contributed by atoms with E-state index in [0.29, 0.717) is 6.54 Å². The Hall–Kier alpha value is -1.63. The van der Waals surface area contributed by atoms with Crippen LogP contribution in [0.25, 0.3) is 0 Å². The minimum atomic E-state index is 0. The smallest absolute Gasteiger partial charge is 0.191 e. The Morgan fingerprint density at radius 3 is 2.50 bits per heavy atom. The van der Waals surface area contributed by atoms with Gasteiger partial charge in [-0.05, 0) is 43.0 Å². The average molecular weight is 436 g/mol. The van der Waals surface area contributed by atoms with E-state index in [0.717, 1.165) is 18.2 Å². The Morgan fingerprint density at radius 2 is 1.88 bits per heavy atom. The normalized spacial score (nSPS) is 15.3. The molecule has 0 unspecified atom stereocenters. The highest BCUT2D eigenvalue weighted by molar-refractivity contribution is 14.0. The summed E-state index contributed by atoms with van der Waals surface area (Å²) in [6.07, 6.45) is 4.29. The van der Waals surface area contributed by atoms with Crippen molar-refractivity contribution in [3.8, 4) is 0 Å². The molecule has 128 valence electrons. The maximum Gasteiger partial charge on any atom is 0.191 e. The highest BCUT2D eigenvalue weighted by atomic mass is 127. The molecule has 2 N–H and O–H groups in total. The van der Waals surface area contributed by atoms with Crippen LogP contribution in [-0.4, -0.2) is 24.5 Å². The van der Waals surface area contributed by atoms with Gasteiger partial charge in [0.05, 0.1) is 12.2 Å². The van der Waals surface area contributed by atoms with Crippen LogP contribution in [-0.2, 0) is 12.0 Å². The summed E-state index contributed by atoms with van der Waals surface area (Å²) in [4.78, 5) is 8.64. The van der Waals surface area contributed by atoms with Crippen molar-refractivity contribution in [3.63, 3.8) is 0 Å². The van der Waals surface area contributed by atoms with Gasteiger partial charge in [0.1, 0.15) is 0 Å². The van der Waals surface area contributed by atoms with E-state index in [-0.39, 0.29) is 29.4 Å². The molecule has 1 fully saturated rings. The topological polar surface area (TPSA) is 49.3 Å². The van der Waals surface area contributed by atoms with Crippen LogP contribution in [0.1, 0.15) is 29.7 Å². The van der Waals surface area contributed by atoms with Gasteiger partial charge in [-0.2, -0.15) is 0 Å². The lowest BCUT2D eigenvalue weighted by atomic mass is 9.92. The third-order valence-electron chi connectivity index (χ3n) is 4.55. The van der Waals surface area contributed by atoms with Gasteiger partial charge in [-0.25, -0.2) is 0 Å². The summed E-state index contributed by atoms with van der Waals surface area (Å²) in [7, 11) is 1.81. The van der Waals surface area contributed by atoms with Gasteiger partial charge in [-0.3, -0.25) is 9.98 Å². The van der Waals surface area contributed by atoms with Gasteiger partial charge in [-0.1, -0.05) is 30.3 Å². The first-order valence-electron chi connectivity index (χ1n) is 8.14. The van der Waals surface area contributed by atoms with Crippen LogP contribution >= 0.6 is 24.0 Å². The van der Waals surface area contributed by atoms with Crippen molar-refractivity contribution in [1.29, 1.82) is 0 Å². The van der Waals surface area contributed by atoms with E-state index in [1.165, 1.54) is 24.0 Å². The van der Waals surface area contributed by atoms with Crippen molar-refractivity contribution in [3.05, 3.63) is 65.5 Å². The van der Waals surface area contributed by atoms with Crippen molar-refractivity contribution in [2.45, 2.75) is 31.7 Å². The maximum absolute atomic E-state index is 4.32. The molecule has 0 spiro atoms. The summed E-state index contributed by atoms with van der Waals surface area (Å²) in [5, 5.41) is 6.81. The number of aliphatic imine (C=N–C) groups is 1. The molecule has 1 aliphatic carbocycles. The number of hydrogen-bond donors (Lipinski definition) is 2. The molecule has 0 atom stereocenters. The highest BCUT2D eigenvalue weighted by Crippen LogP contribution is 2.48. The summed E-state index contributed by atoms with van der Waals surface area (Å²) in [5.74, 6) is 0.829. The van der Waals surface area contributed by atoms with Gasteiger partial charge < -0.3 is 10.6 Å². The lowest BCUT2D eigenvalue weighted by molar-refractivity contribution is 0.641. The van der Waals surface area contributed by atoms with Crippen LogP contribution in [0.3, 0.4) is 0 Å². The molecule has 0 aliphatic heterocycles. The summed E-state index contributed by atoms with van der Waals surface area (Å²) in [6.45, 7) is 3.79. The third kappa shape index (κ3) is 4.47. The molecule has 1 heterocycles. The number of pyridine rings is 1. The Morgan fingerprint density at radius 1 is 1.12 bits per heavy atom. The standard InChI is InChI=1S/C19H24N4.HI/c1-15-7-3-4-9-17(15)19(10-11-19)14-23-18(20-2)22-13-16-8-5-6-12-21-16;/h3-9,12H,10-11,13-14H2,1-2H3,(H2,20,22,23);1H. The van der Waals surface area contributed by atoms with Crippen LogP contribution in [0, 0.1) is 6.92 Å². The molecule has 4 nitrogen and oxygen atoms in total. The van der Waals surface area contributed by atoms with Gasteiger partial charge in [-0.15, -0.1) is 24.0 Å². The monoisotopic (exact) mass is 436 g/mol. The zero-order valence-electron chi connectivity index (χ0n) is 14.2. The second-order valence-corrected chi connectivity index (χ2v) is 6.20. The number of hydrogen-bond acceptors (Lipinski definition) is 2. The van der Waals surface area contributed by atoms with E-state index in [4.69, 9.17) is 0 Å². The molecule has 1 aliphatic rings. The van der Waals surface area contributed by atoms with Crippen LogP contribution in [0.5, 0.6) is 0 Å². The fourth-order valence-corrected chi connectivity index (χ4v) is 3.01. The summed E-state index contributed by atoms with van der Waals surface area (Å²) in [5.41, 5.74) is 4.12. The largest absolute Gasteiger partial charge is 0.356 e. The predicted molar refractivity (Wildman–Crippen MR) is 110 cm³/mol. The first-order chi connectivity index (χ1) is 11.2. The summed E-state index contributed by atoms with van der Waals surface area (Å²) < 4.78 is 0. The Kier molecular flexibility index (Phi) is 6.60. The van der Waals surface area contributed by atoms with E-state index in [1.54, 1.807) is 7.05 Å². The number of aryl methyl sites for hydroxylation is 1. The zero-order chi connectivity index (χ0) is 16.1. The molecular formula is C19H25IN4. The fraction of sp³-hybridized carbons (Fsp3) is 0.368. The van der Waals surface area contributed by atoms with Crippen molar-refractivity contribution >= 4 is 29.9 Å². The third-order valence-corrected chi connectivity index (χ3v) is 4.55. The van der Waals surface area contributed by atoms with E-state index in [2.05, 4.69) is 51.8 Å². The molecule has 0 amide bonds. The van der Waals surface area contributed by atoms with Crippen LogP contribution in [0.2, 0.25) is 0 Å². The van der Waals surface area contributed by atoms with Crippen LogP contribution in [0.4, 0.5) is 0 Å². The number of halogens is 1. The number of nitrogens with zero attached hydrogens (tertiary/aromatic N) is 2. The Balaban J connectivity index is 0.00000208. The van der Waals surface area contributed by atoms with E-state index in [1.807, 2.05) is 24.4 Å². The fourth-order valence-electron chi connectivity index (χ4n) is 3.01. The maximum atomic E-state index is 4.32. The minimum Gasteiger partial charge on any atom is -0.356 e. The lowest BCUT2D eigenvalue weighted by Gasteiger charge is -2.20. The number of guanidine groups is 1. The molecule has 24 heavy (non-hydrogen) atoms. The van der Waals surface area contributed by atoms with Crippen molar-refractivity contribution in [2.24, 2.45) is 4.99 Å². The Bertz CT molecular complexity index is 681. The molecule has 1 aromatic heterocycles. The second kappa shape index (κ2) is 8.46. The molecule has 2 aromatic rings. The van der Waals surface area contributed by atoms with Crippen LogP contribution < -0.4 is 10.6 Å². The first kappa shape index (κ1) is 18.7. The number of nitrogens with one attached hydrogen (secondary N) is 2. The molecule has 3 rings (SSSR count). The van der Waals surface area contributed by atoms with Crippen LogP contribution in [0.15, 0.2) is 53.7 Å². The average Bonchev–Trinajstić information content (AvgIpc) is 3.37. The zero-order valence-corrected chi connectivity index (χ0v) is 16.6. The van der Waals surface area contributed by atoms with Gasteiger partial charge in [0, 0.05) is 25.2 Å². The lowest BCUT2D eigenvalue weighted by Crippen LogP contribution is -2.41. The van der Waals surface area contributed by atoms with Gasteiger partial charge in [0.15, 0.2) is 5.96 Å². The summed E-state index contributed by atoms with van der Waals surface area (Å²) in [6, 6.07) is 14.6. The minimum absolute atomic E-state index is 0. The number of benzene rings is 1. The molecule has 0 radical (unpaired) electrons. The van der Waals surface area contributed by atoms with E-state index in [9.17, 15) is 0 Å². The number of aromatic nitrogens is 1. The highest BCUT2D eigenvalue weighted by Gasteiger charge is 2.44.